The van der Waals surface area contributed by atoms with Gasteiger partial charge in [-0.25, -0.2) is 0 Å². The number of aromatic nitrogens is 1. The van der Waals surface area contributed by atoms with Gasteiger partial charge in [-0.2, -0.15) is 0 Å². The minimum atomic E-state index is -0.442. The molecule has 0 atom stereocenters. The Bertz CT molecular complexity index is 483. The average Bonchev–Trinajstić information content (AvgIpc) is 2.30. The van der Waals surface area contributed by atoms with Gasteiger partial charge in [-0.1, -0.05) is 12.1 Å². The van der Waals surface area contributed by atoms with Crippen LogP contribution in [0.1, 0.15) is 0 Å². The van der Waals surface area contributed by atoms with Crippen molar-refractivity contribution in [3.05, 3.63) is 58.9 Å². The van der Waals surface area contributed by atoms with E-state index in [-0.39, 0.29) is 5.69 Å². The number of nitrogens with zero attached hydrogens (tertiary/aromatic N) is 2. The lowest BCUT2D eigenvalue weighted by Crippen LogP contribution is -1.91. The number of benzene rings is 1. The molecule has 73 valence electrons. The van der Waals surface area contributed by atoms with Crippen LogP contribution in [0.5, 0.6) is 0 Å². The van der Waals surface area contributed by atoms with Crippen LogP contribution in [-0.4, -0.2) is 9.91 Å². The molecule has 0 fully saturated rings. The molecule has 0 saturated heterocycles. The largest absolute Gasteiger partial charge is 0.285 e. The van der Waals surface area contributed by atoms with Crippen LogP contribution in [0.3, 0.4) is 0 Å². The number of nitro benzene ring substituents is 1. The van der Waals surface area contributed by atoms with Gasteiger partial charge in [-0.15, -0.1) is 0 Å². The van der Waals surface area contributed by atoms with Gasteiger partial charge >= 0.3 is 0 Å². The predicted molar refractivity (Wildman–Crippen MR) is 55.2 cm³/mol. The second-order valence-electron chi connectivity index (χ2n) is 2.93. The lowest BCUT2D eigenvalue weighted by atomic mass is 10.1. The lowest BCUT2D eigenvalue weighted by Gasteiger charge is -2.00. The van der Waals surface area contributed by atoms with Gasteiger partial charge in [0.25, 0.3) is 5.69 Å². The first kappa shape index (κ1) is 9.33. The summed E-state index contributed by atoms with van der Waals surface area (Å²) in [7, 11) is 0. The standard InChI is InChI=1S/C11H7N2O2/c14-13(15)11-6-2-1-5-10(11)9-4-3-7-12-8-9/h1-5,7-8H. The summed E-state index contributed by atoms with van der Waals surface area (Å²) in [5.74, 6) is 0. The number of pyridine rings is 1. The molecule has 0 aliphatic heterocycles. The molecule has 0 bridgehead atoms. The van der Waals surface area contributed by atoms with E-state index < -0.39 is 4.92 Å². The van der Waals surface area contributed by atoms with Crippen LogP contribution in [0.25, 0.3) is 11.1 Å². The van der Waals surface area contributed by atoms with Crippen molar-refractivity contribution < 1.29 is 4.92 Å². The molecule has 0 N–H and O–H groups in total. The quantitative estimate of drug-likeness (QED) is 0.551. The van der Waals surface area contributed by atoms with Gasteiger partial charge in [0.2, 0.25) is 0 Å². The van der Waals surface area contributed by atoms with Crippen molar-refractivity contribution in [2.75, 3.05) is 0 Å². The van der Waals surface area contributed by atoms with Gasteiger partial charge < -0.3 is 0 Å². The summed E-state index contributed by atoms with van der Waals surface area (Å²) in [6.07, 6.45) is 3.22. The van der Waals surface area contributed by atoms with Crippen LogP contribution >= 0.6 is 0 Å². The van der Waals surface area contributed by atoms with E-state index in [0.717, 1.165) is 5.56 Å². The van der Waals surface area contributed by atoms with Gasteiger partial charge in [0.15, 0.2) is 0 Å². The number of hydrogen-bond donors (Lipinski definition) is 0. The predicted octanol–water partition coefficient (Wildman–Crippen LogP) is 2.46. The Morgan fingerprint density at radius 2 is 2.20 bits per heavy atom. The van der Waals surface area contributed by atoms with Crippen molar-refractivity contribution in [1.29, 1.82) is 0 Å². The van der Waals surface area contributed by atoms with Crippen LogP contribution in [0, 0.1) is 16.2 Å². The van der Waals surface area contributed by atoms with Crippen molar-refractivity contribution in [2.45, 2.75) is 0 Å². The van der Waals surface area contributed by atoms with E-state index in [0.29, 0.717) is 5.56 Å². The molecule has 2 rings (SSSR count). The molecule has 1 aromatic heterocycles. The summed E-state index contributed by atoms with van der Waals surface area (Å²) in [6.45, 7) is 0. The highest BCUT2D eigenvalue weighted by atomic mass is 16.6. The Hall–Kier alpha value is -2.23. The zero-order valence-electron chi connectivity index (χ0n) is 7.75. The summed E-state index contributed by atoms with van der Waals surface area (Å²) in [6, 6.07) is 11.1. The molecule has 1 radical (unpaired) electrons. The third-order valence-corrected chi connectivity index (χ3v) is 1.99. The molecule has 15 heavy (non-hydrogen) atoms. The van der Waals surface area contributed by atoms with E-state index in [1.54, 1.807) is 36.7 Å². The molecule has 0 aliphatic rings. The minimum absolute atomic E-state index is 0.0227. The van der Waals surface area contributed by atoms with Gasteiger partial charge in [0, 0.05) is 18.0 Å². The molecule has 4 nitrogen and oxygen atoms in total. The Morgan fingerprint density at radius 1 is 1.33 bits per heavy atom. The number of hydrogen-bond acceptors (Lipinski definition) is 3. The third kappa shape index (κ3) is 1.83. The highest BCUT2D eigenvalue weighted by molar-refractivity contribution is 5.72. The smallest absolute Gasteiger partial charge is 0.264 e. The molecular formula is C11H7N2O2. The summed E-state index contributed by atoms with van der Waals surface area (Å²) >= 11 is 0. The molecule has 0 saturated carbocycles. The van der Waals surface area contributed by atoms with E-state index in [2.05, 4.69) is 11.1 Å². The van der Waals surface area contributed by atoms with Gasteiger partial charge in [-0.05, 0) is 18.2 Å². The first-order chi connectivity index (χ1) is 7.29. The van der Waals surface area contributed by atoms with E-state index >= 15 is 0 Å². The molecule has 0 spiro atoms. The fourth-order valence-corrected chi connectivity index (χ4v) is 1.33. The van der Waals surface area contributed by atoms with Crippen LogP contribution in [0.4, 0.5) is 5.69 Å². The Kier molecular flexibility index (Phi) is 2.41. The second-order valence-corrected chi connectivity index (χ2v) is 2.93. The van der Waals surface area contributed by atoms with Crippen molar-refractivity contribution >= 4 is 5.69 Å². The van der Waals surface area contributed by atoms with Crippen molar-refractivity contribution in [3.63, 3.8) is 0 Å². The van der Waals surface area contributed by atoms with Crippen LogP contribution in [0.2, 0.25) is 0 Å². The van der Waals surface area contributed by atoms with Crippen molar-refractivity contribution in [2.24, 2.45) is 0 Å². The fraction of sp³-hybridized carbons (Fsp3) is 0. The lowest BCUT2D eigenvalue weighted by molar-refractivity contribution is -0.384. The Balaban J connectivity index is 2.58. The first-order valence-electron chi connectivity index (χ1n) is 4.34. The molecule has 2 aromatic rings. The zero-order valence-corrected chi connectivity index (χ0v) is 7.75. The van der Waals surface area contributed by atoms with Gasteiger partial charge in [0.1, 0.15) is 0 Å². The summed E-state index contributed by atoms with van der Waals surface area (Å²) in [4.78, 5) is 14.2. The first-order valence-corrected chi connectivity index (χ1v) is 4.34. The monoisotopic (exact) mass is 199 g/mol. The maximum Gasteiger partial charge on any atom is 0.285 e. The van der Waals surface area contributed by atoms with Crippen LogP contribution < -0.4 is 0 Å². The normalized spacial score (nSPS) is 9.87. The molecule has 0 unspecified atom stereocenters. The number of nitro groups is 1. The Morgan fingerprint density at radius 3 is 2.87 bits per heavy atom. The number of rotatable bonds is 2. The molecule has 4 heteroatoms. The number of para-hydroxylation sites is 1. The minimum Gasteiger partial charge on any atom is -0.264 e. The van der Waals surface area contributed by atoms with E-state index in [1.807, 2.05) is 0 Å². The molecule has 1 heterocycles. The van der Waals surface area contributed by atoms with Crippen molar-refractivity contribution in [3.8, 4) is 11.1 Å². The van der Waals surface area contributed by atoms with Crippen molar-refractivity contribution in [1.82, 2.24) is 4.98 Å². The van der Waals surface area contributed by atoms with E-state index in [1.165, 1.54) is 6.07 Å². The molecule has 1 aromatic carbocycles. The maximum absolute atomic E-state index is 10.7. The molecular weight excluding hydrogens is 192 g/mol. The van der Waals surface area contributed by atoms with E-state index in [9.17, 15) is 10.1 Å². The van der Waals surface area contributed by atoms with Gasteiger partial charge in [-0.3, -0.25) is 15.1 Å². The molecule has 0 aliphatic carbocycles. The average molecular weight is 199 g/mol. The summed E-state index contributed by atoms with van der Waals surface area (Å²) in [5.41, 5.74) is 1.24. The highest BCUT2D eigenvalue weighted by Gasteiger charge is 2.13. The summed E-state index contributed by atoms with van der Waals surface area (Å²) in [5, 5.41) is 10.7. The second kappa shape index (κ2) is 3.88. The topological polar surface area (TPSA) is 56.0 Å². The van der Waals surface area contributed by atoms with Crippen LogP contribution in [-0.2, 0) is 0 Å². The summed E-state index contributed by atoms with van der Waals surface area (Å²) < 4.78 is 0. The highest BCUT2D eigenvalue weighted by Crippen LogP contribution is 2.27. The molecule has 0 amide bonds. The van der Waals surface area contributed by atoms with Gasteiger partial charge in [0.05, 0.1) is 16.6 Å². The third-order valence-electron chi connectivity index (χ3n) is 1.99. The zero-order chi connectivity index (χ0) is 10.7. The SMILES string of the molecule is O=[N+]([O-])c1[c]cccc1-c1cccnc1. The maximum atomic E-state index is 10.7. The fourth-order valence-electron chi connectivity index (χ4n) is 1.33. The Labute approximate surface area is 86.4 Å². The van der Waals surface area contributed by atoms with Crippen LogP contribution in [0.15, 0.2) is 42.7 Å². The van der Waals surface area contributed by atoms with E-state index in [4.69, 9.17) is 0 Å².